The predicted octanol–water partition coefficient (Wildman–Crippen LogP) is 3.14. The molecule has 126 valence electrons. The summed E-state index contributed by atoms with van der Waals surface area (Å²) < 4.78 is 31.5. The molecule has 0 aromatic heterocycles. The van der Waals surface area contributed by atoms with Crippen LogP contribution in [0.25, 0.3) is 6.08 Å². The molecular formula is C17H16ClNO4S. The number of hydrogen-bond donors (Lipinski definition) is 1. The molecule has 0 saturated heterocycles. The molecule has 0 aliphatic rings. The molecule has 1 atom stereocenters. The first-order valence-electron chi connectivity index (χ1n) is 7.00. The number of rotatable bonds is 6. The van der Waals surface area contributed by atoms with Gasteiger partial charge >= 0.3 is 5.97 Å². The maximum Gasteiger partial charge on any atom is 0.328 e. The van der Waals surface area contributed by atoms with Crippen LogP contribution < -0.4 is 4.72 Å². The van der Waals surface area contributed by atoms with Gasteiger partial charge < -0.3 is 4.74 Å². The van der Waals surface area contributed by atoms with E-state index in [1.807, 2.05) is 0 Å². The zero-order valence-corrected chi connectivity index (χ0v) is 14.4. The van der Waals surface area contributed by atoms with Gasteiger partial charge in [-0.1, -0.05) is 60.1 Å². The van der Waals surface area contributed by atoms with Gasteiger partial charge in [-0.2, -0.15) is 4.72 Å². The Morgan fingerprint density at radius 1 is 1.12 bits per heavy atom. The Kier molecular flexibility index (Phi) is 6.14. The van der Waals surface area contributed by atoms with Gasteiger partial charge in [-0.15, -0.1) is 0 Å². The summed E-state index contributed by atoms with van der Waals surface area (Å²) in [6.07, 6.45) is 1.37. The Labute approximate surface area is 146 Å². The molecule has 7 heteroatoms. The molecule has 2 aromatic rings. The molecule has 0 aliphatic carbocycles. The van der Waals surface area contributed by atoms with Gasteiger partial charge in [-0.3, -0.25) is 0 Å². The second-order valence-electron chi connectivity index (χ2n) is 4.85. The average Bonchev–Trinajstić information content (AvgIpc) is 2.59. The topological polar surface area (TPSA) is 72.5 Å². The third-order valence-electron chi connectivity index (χ3n) is 3.18. The predicted molar refractivity (Wildman–Crippen MR) is 93.7 cm³/mol. The fourth-order valence-electron chi connectivity index (χ4n) is 1.99. The van der Waals surface area contributed by atoms with E-state index in [0.29, 0.717) is 16.1 Å². The summed E-state index contributed by atoms with van der Waals surface area (Å²) >= 11 is 5.99. The van der Waals surface area contributed by atoms with E-state index in [4.69, 9.17) is 11.6 Å². The molecule has 0 amide bonds. The van der Waals surface area contributed by atoms with Crippen LogP contribution in [0.2, 0.25) is 5.02 Å². The van der Waals surface area contributed by atoms with Gasteiger partial charge in [-0.05, 0) is 23.3 Å². The lowest BCUT2D eigenvalue weighted by atomic mass is 10.1. The number of benzene rings is 2. The summed E-state index contributed by atoms with van der Waals surface area (Å²) in [6, 6.07) is 14.2. The summed E-state index contributed by atoms with van der Waals surface area (Å²) in [5.41, 5.74) is 1.04. The summed E-state index contributed by atoms with van der Waals surface area (Å²) in [5.74, 6) is -0.698. The van der Waals surface area contributed by atoms with Crippen LogP contribution in [-0.2, 0) is 19.6 Å². The molecule has 0 fully saturated rings. The van der Waals surface area contributed by atoms with Crippen LogP contribution in [0.5, 0.6) is 0 Å². The highest BCUT2D eigenvalue weighted by molar-refractivity contribution is 7.92. The molecular weight excluding hydrogens is 350 g/mol. The van der Waals surface area contributed by atoms with Gasteiger partial charge in [0.1, 0.15) is 6.04 Å². The van der Waals surface area contributed by atoms with Gasteiger partial charge in [0, 0.05) is 10.4 Å². The van der Waals surface area contributed by atoms with E-state index in [1.54, 1.807) is 54.6 Å². The van der Waals surface area contributed by atoms with E-state index >= 15 is 0 Å². The van der Waals surface area contributed by atoms with Crippen LogP contribution in [0.1, 0.15) is 17.2 Å². The van der Waals surface area contributed by atoms with Gasteiger partial charge in [0.2, 0.25) is 10.0 Å². The molecule has 0 radical (unpaired) electrons. The van der Waals surface area contributed by atoms with E-state index < -0.39 is 22.0 Å². The molecule has 0 saturated carbocycles. The molecule has 0 aliphatic heterocycles. The number of carbonyl (C=O) groups excluding carboxylic acids is 1. The monoisotopic (exact) mass is 365 g/mol. The van der Waals surface area contributed by atoms with E-state index in [0.717, 1.165) is 5.41 Å². The molecule has 2 aromatic carbocycles. The van der Waals surface area contributed by atoms with Crippen molar-refractivity contribution in [1.29, 1.82) is 0 Å². The number of esters is 1. The van der Waals surface area contributed by atoms with E-state index in [-0.39, 0.29) is 0 Å². The van der Waals surface area contributed by atoms with Crippen molar-refractivity contribution >= 4 is 33.7 Å². The SMILES string of the molecule is COC(=O)C(NS(=O)(=O)/C=C/c1ccccc1Cl)c1ccccc1. The smallest absolute Gasteiger partial charge is 0.328 e. The molecule has 24 heavy (non-hydrogen) atoms. The van der Waals surface area contributed by atoms with Gasteiger partial charge in [-0.25, -0.2) is 13.2 Å². The van der Waals surface area contributed by atoms with Crippen molar-refractivity contribution in [3.63, 3.8) is 0 Å². The highest BCUT2D eigenvalue weighted by Crippen LogP contribution is 2.18. The van der Waals surface area contributed by atoms with Crippen molar-refractivity contribution in [2.45, 2.75) is 6.04 Å². The molecule has 2 rings (SSSR count). The third-order valence-corrected chi connectivity index (χ3v) is 4.59. The Hall–Kier alpha value is -2.15. The van der Waals surface area contributed by atoms with Crippen molar-refractivity contribution in [2.24, 2.45) is 0 Å². The van der Waals surface area contributed by atoms with Crippen molar-refractivity contribution < 1.29 is 17.9 Å². The van der Waals surface area contributed by atoms with Crippen molar-refractivity contribution in [1.82, 2.24) is 4.72 Å². The minimum absolute atomic E-state index is 0.427. The highest BCUT2D eigenvalue weighted by Gasteiger charge is 2.25. The Morgan fingerprint density at radius 3 is 2.38 bits per heavy atom. The summed E-state index contributed by atoms with van der Waals surface area (Å²) in [6.45, 7) is 0. The molecule has 0 heterocycles. The summed E-state index contributed by atoms with van der Waals surface area (Å²) in [5, 5.41) is 1.39. The zero-order valence-electron chi connectivity index (χ0n) is 12.8. The van der Waals surface area contributed by atoms with E-state index in [2.05, 4.69) is 9.46 Å². The minimum atomic E-state index is -3.89. The molecule has 1 unspecified atom stereocenters. The van der Waals surface area contributed by atoms with Crippen LogP contribution in [0.3, 0.4) is 0 Å². The second-order valence-corrected chi connectivity index (χ2v) is 6.86. The quantitative estimate of drug-likeness (QED) is 0.798. The maximum absolute atomic E-state index is 12.3. The Balaban J connectivity index is 2.25. The van der Waals surface area contributed by atoms with Crippen molar-refractivity contribution in [2.75, 3.05) is 7.11 Å². The van der Waals surface area contributed by atoms with Gasteiger partial charge in [0.15, 0.2) is 0 Å². The Bertz CT molecular complexity index is 835. The van der Waals surface area contributed by atoms with E-state index in [1.165, 1.54) is 13.2 Å². The lowest BCUT2D eigenvalue weighted by Gasteiger charge is -2.15. The number of methoxy groups -OCH3 is 1. The lowest BCUT2D eigenvalue weighted by molar-refractivity contribution is -0.142. The second kappa shape index (κ2) is 8.10. The summed E-state index contributed by atoms with van der Waals surface area (Å²) in [7, 11) is -2.69. The van der Waals surface area contributed by atoms with Crippen molar-refractivity contribution in [3.8, 4) is 0 Å². The van der Waals surface area contributed by atoms with Crippen LogP contribution in [0, 0.1) is 0 Å². The number of ether oxygens (including phenoxy) is 1. The highest BCUT2D eigenvalue weighted by atomic mass is 35.5. The standard InChI is InChI=1S/C17H16ClNO4S/c1-23-17(20)16(14-8-3-2-4-9-14)19-24(21,22)12-11-13-7-5-6-10-15(13)18/h2-12,16,19H,1H3/b12-11+. The van der Waals surface area contributed by atoms with Gasteiger partial charge in [0.05, 0.1) is 7.11 Å². The summed E-state index contributed by atoms with van der Waals surface area (Å²) in [4.78, 5) is 11.9. The van der Waals surface area contributed by atoms with Crippen LogP contribution in [0.15, 0.2) is 60.0 Å². The van der Waals surface area contributed by atoms with Crippen molar-refractivity contribution in [3.05, 3.63) is 76.2 Å². The molecule has 1 N–H and O–H groups in total. The number of carbonyl (C=O) groups is 1. The first-order chi connectivity index (χ1) is 11.4. The first-order valence-corrected chi connectivity index (χ1v) is 8.93. The zero-order chi connectivity index (χ0) is 17.6. The van der Waals surface area contributed by atoms with Gasteiger partial charge in [0.25, 0.3) is 0 Å². The number of halogens is 1. The number of sulfonamides is 1. The van der Waals surface area contributed by atoms with Crippen LogP contribution in [-0.4, -0.2) is 21.5 Å². The third kappa shape index (κ3) is 4.92. The molecule has 0 bridgehead atoms. The Morgan fingerprint density at radius 2 is 1.75 bits per heavy atom. The molecule has 5 nitrogen and oxygen atoms in total. The van der Waals surface area contributed by atoms with E-state index in [9.17, 15) is 13.2 Å². The van der Waals surface area contributed by atoms with Crippen LogP contribution in [0.4, 0.5) is 0 Å². The minimum Gasteiger partial charge on any atom is -0.468 e. The fourth-order valence-corrected chi connectivity index (χ4v) is 3.16. The normalized spacial score (nSPS) is 12.9. The maximum atomic E-state index is 12.3. The first kappa shape index (κ1) is 18.2. The molecule has 0 spiro atoms. The number of hydrogen-bond acceptors (Lipinski definition) is 4. The lowest BCUT2D eigenvalue weighted by Crippen LogP contribution is -2.33. The average molecular weight is 366 g/mol. The number of nitrogens with one attached hydrogen (secondary N) is 1. The van der Waals surface area contributed by atoms with Crippen LogP contribution >= 0.6 is 11.6 Å². The largest absolute Gasteiger partial charge is 0.468 e. The fraction of sp³-hybridized carbons (Fsp3) is 0.118.